The van der Waals surface area contributed by atoms with Gasteiger partial charge in [0.05, 0.1) is 19.3 Å². The zero-order valence-corrected chi connectivity index (χ0v) is 14.5. The molecule has 1 atom stereocenters. The number of rotatable bonds is 6. The molecule has 0 spiro atoms. The summed E-state index contributed by atoms with van der Waals surface area (Å²) < 4.78 is 10.9. The second kappa shape index (κ2) is 8.22. The van der Waals surface area contributed by atoms with Gasteiger partial charge in [-0.2, -0.15) is 4.98 Å². The number of aromatic nitrogens is 2. The summed E-state index contributed by atoms with van der Waals surface area (Å²) in [5.41, 5.74) is 0. The van der Waals surface area contributed by atoms with Gasteiger partial charge in [-0.1, -0.05) is 12.1 Å². The third-order valence-corrected chi connectivity index (χ3v) is 5.13. The molecule has 23 heavy (non-hydrogen) atoms. The molecule has 1 aromatic heterocycles. The molecule has 0 amide bonds. The topological polar surface area (TPSA) is 54.6 Å². The molecule has 1 aromatic rings. The fraction of sp³-hybridized carbons (Fsp3) is 0.882. The van der Waals surface area contributed by atoms with Gasteiger partial charge in [-0.05, 0) is 45.2 Å². The predicted octanol–water partition coefficient (Wildman–Crippen LogP) is 2.13. The molecule has 2 aliphatic heterocycles. The van der Waals surface area contributed by atoms with Crippen LogP contribution in [-0.2, 0) is 11.2 Å². The van der Waals surface area contributed by atoms with Crippen LogP contribution in [0.15, 0.2) is 4.52 Å². The fourth-order valence-electron chi connectivity index (χ4n) is 3.59. The lowest BCUT2D eigenvalue weighted by atomic mass is 9.95. The number of ether oxygens (including phenoxy) is 1. The van der Waals surface area contributed by atoms with E-state index in [0.717, 1.165) is 69.9 Å². The van der Waals surface area contributed by atoms with Crippen molar-refractivity contribution >= 4 is 0 Å². The zero-order chi connectivity index (χ0) is 16.1. The monoisotopic (exact) mass is 322 g/mol. The summed E-state index contributed by atoms with van der Waals surface area (Å²) >= 11 is 0. The van der Waals surface area contributed by atoms with E-state index >= 15 is 0 Å². The molecule has 0 radical (unpaired) electrons. The van der Waals surface area contributed by atoms with Crippen molar-refractivity contribution in [3.8, 4) is 0 Å². The van der Waals surface area contributed by atoms with Crippen LogP contribution in [0.3, 0.4) is 0 Å². The van der Waals surface area contributed by atoms with Crippen molar-refractivity contribution in [2.24, 2.45) is 5.92 Å². The number of aryl methyl sites for hydroxylation is 1. The Kier molecular flexibility index (Phi) is 6.02. The van der Waals surface area contributed by atoms with Crippen molar-refractivity contribution in [2.45, 2.75) is 45.6 Å². The third kappa shape index (κ3) is 4.52. The average Bonchev–Trinajstić information content (AvgIpc) is 3.05. The Morgan fingerprint density at radius 1 is 1.17 bits per heavy atom. The van der Waals surface area contributed by atoms with Crippen LogP contribution in [0.25, 0.3) is 0 Å². The second-order valence-corrected chi connectivity index (χ2v) is 6.87. The lowest BCUT2D eigenvalue weighted by molar-refractivity contribution is 0.0217. The fourth-order valence-corrected chi connectivity index (χ4v) is 3.59. The van der Waals surface area contributed by atoms with Crippen molar-refractivity contribution in [3.05, 3.63) is 11.7 Å². The first-order chi connectivity index (χ1) is 11.3. The highest BCUT2D eigenvalue weighted by Crippen LogP contribution is 2.26. The van der Waals surface area contributed by atoms with Crippen LogP contribution in [0.5, 0.6) is 0 Å². The van der Waals surface area contributed by atoms with E-state index in [2.05, 4.69) is 33.8 Å². The molecule has 1 unspecified atom stereocenters. The Balaban J connectivity index is 1.45. The van der Waals surface area contributed by atoms with Gasteiger partial charge in [0.2, 0.25) is 5.89 Å². The molecule has 3 rings (SSSR count). The molecule has 2 aliphatic rings. The molecule has 3 heterocycles. The van der Waals surface area contributed by atoms with Gasteiger partial charge in [-0.3, -0.25) is 9.80 Å². The van der Waals surface area contributed by atoms with Gasteiger partial charge < -0.3 is 9.26 Å². The Bertz CT molecular complexity index is 465. The van der Waals surface area contributed by atoms with Crippen molar-refractivity contribution < 1.29 is 9.26 Å². The van der Waals surface area contributed by atoms with Gasteiger partial charge in [-0.15, -0.1) is 0 Å². The minimum atomic E-state index is 0.234. The summed E-state index contributed by atoms with van der Waals surface area (Å²) in [4.78, 5) is 9.59. The molecule has 2 saturated heterocycles. The predicted molar refractivity (Wildman–Crippen MR) is 88.3 cm³/mol. The summed E-state index contributed by atoms with van der Waals surface area (Å²) in [6, 6.07) is 0.234. The molecule has 0 aliphatic carbocycles. The molecule has 0 N–H and O–H groups in total. The highest BCUT2D eigenvalue weighted by atomic mass is 16.5. The zero-order valence-electron chi connectivity index (χ0n) is 14.5. The Morgan fingerprint density at radius 3 is 2.61 bits per heavy atom. The highest BCUT2D eigenvalue weighted by Gasteiger charge is 2.27. The first-order valence-electron chi connectivity index (χ1n) is 9.13. The maximum Gasteiger partial charge on any atom is 0.243 e. The van der Waals surface area contributed by atoms with Gasteiger partial charge in [0.25, 0.3) is 0 Å². The Morgan fingerprint density at radius 2 is 1.91 bits per heavy atom. The average molecular weight is 322 g/mol. The van der Waals surface area contributed by atoms with E-state index in [1.807, 2.05) is 0 Å². The van der Waals surface area contributed by atoms with Crippen LogP contribution >= 0.6 is 0 Å². The lowest BCUT2D eigenvalue weighted by Crippen LogP contribution is -2.43. The van der Waals surface area contributed by atoms with Gasteiger partial charge in [0.15, 0.2) is 5.82 Å². The first-order valence-corrected chi connectivity index (χ1v) is 9.13. The smallest absolute Gasteiger partial charge is 0.243 e. The minimum Gasteiger partial charge on any atom is -0.379 e. The van der Waals surface area contributed by atoms with Crippen molar-refractivity contribution in [1.82, 2.24) is 19.9 Å². The molecule has 6 heteroatoms. The first kappa shape index (κ1) is 16.9. The largest absolute Gasteiger partial charge is 0.379 e. The molecule has 0 saturated carbocycles. The van der Waals surface area contributed by atoms with E-state index < -0.39 is 0 Å². The molecular weight excluding hydrogens is 292 g/mol. The number of nitrogens with zero attached hydrogens (tertiary/aromatic N) is 4. The van der Waals surface area contributed by atoms with Crippen LogP contribution in [0.4, 0.5) is 0 Å². The van der Waals surface area contributed by atoms with Gasteiger partial charge in [0.1, 0.15) is 0 Å². The number of piperidine rings is 1. The quantitative estimate of drug-likeness (QED) is 0.800. The second-order valence-electron chi connectivity index (χ2n) is 6.87. The van der Waals surface area contributed by atoms with Crippen molar-refractivity contribution in [1.29, 1.82) is 0 Å². The van der Waals surface area contributed by atoms with Gasteiger partial charge in [-0.25, -0.2) is 0 Å². The molecule has 130 valence electrons. The van der Waals surface area contributed by atoms with Crippen molar-refractivity contribution in [3.63, 3.8) is 0 Å². The summed E-state index contributed by atoms with van der Waals surface area (Å²) in [6.07, 6.45) is 4.48. The molecule has 0 aromatic carbocycles. The Labute approximate surface area is 139 Å². The van der Waals surface area contributed by atoms with Crippen molar-refractivity contribution in [2.75, 3.05) is 45.9 Å². The standard InChI is InChI=1S/C17H30N4O2/c1-3-4-16-18-17(23-19-16)14(2)21-7-5-15(6-8-21)13-20-9-11-22-12-10-20/h14-15H,3-13H2,1-2H3. The SMILES string of the molecule is CCCc1noc(C(C)N2CCC(CN3CCOCC3)CC2)n1. The summed E-state index contributed by atoms with van der Waals surface area (Å²) in [6.45, 7) is 11.8. The number of hydrogen-bond acceptors (Lipinski definition) is 6. The molecule has 2 fully saturated rings. The van der Waals surface area contributed by atoms with Crippen LogP contribution < -0.4 is 0 Å². The van der Waals surface area contributed by atoms with Gasteiger partial charge >= 0.3 is 0 Å². The van der Waals surface area contributed by atoms with E-state index in [1.165, 1.54) is 19.4 Å². The molecule has 6 nitrogen and oxygen atoms in total. The van der Waals surface area contributed by atoms with Crippen LogP contribution in [0.1, 0.15) is 50.9 Å². The van der Waals surface area contributed by atoms with Crippen LogP contribution in [0.2, 0.25) is 0 Å². The summed E-state index contributed by atoms with van der Waals surface area (Å²) in [5.74, 6) is 2.44. The maximum atomic E-state index is 5.46. The maximum absolute atomic E-state index is 5.46. The third-order valence-electron chi connectivity index (χ3n) is 5.13. The summed E-state index contributed by atoms with van der Waals surface area (Å²) in [5, 5.41) is 4.08. The van der Waals surface area contributed by atoms with E-state index in [-0.39, 0.29) is 6.04 Å². The normalized spacial score (nSPS) is 23.2. The summed E-state index contributed by atoms with van der Waals surface area (Å²) in [7, 11) is 0. The number of morpholine rings is 1. The number of likely N-dealkylation sites (tertiary alicyclic amines) is 1. The van der Waals surface area contributed by atoms with E-state index in [1.54, 1.807) is 0 Å². The minimum absolute atomic E-state index is 0.234. The van der Waals surface area contributed by atoms with Gasteiger partial charge in [0, 0.05) is 26.1 Å². The van der Waals surface area contributed by atoms with E-state index in [4.69, 9.17) is 9.26 Å². The van der Waals surface area contributed by atoms with E-state index in [9.17, 15) is 0 Å². The van der Waals surface area contributed by atoms with Crippen LogP contribution in [-0.4, -0.2) is 65.9 Å². The van der Waals surface area contributed by atoms with Crippen LogP contribution in [0, 0.1) is 5.92 Å². The molecular formula is C17H30N4O2. The Hall–Kier alpha value is -0.980. The van der Waals surface area contributed by atoms with E-state index in [0.29, 0.717) is 0 Å². The highest BCUT2D eigenvalue weighted by molar-refractivity contribution is 4.93. The lowest BCUT2D eigenvalue weighted by Gasteiger charge is -2.37. The number of hydrogen-bond donors (Lipinski definition) is 0. The molecule has 0 bridgehead atoms.